The van der Waals surface area contributed by atoms with Gasteiger partial charge in [0.25, 0.3) is 0 Å². The zero-order valence-electron chi connectivity index (χ0n) is 15.2. The van der Waals surface area contributed by atoms with E-state index < -0.39 is 0 Å². The Balaban J connectivity index is 1.82. The molecule has 4 heteroatoms. The van der Waals surface area contributed by atoms with Crippen LogP contribution >= 0.6 is 0 Å². The number of allylic oxidation sites excluding steroid dienone is 1. The van der Waals surface area contributed by atoms with Gasteiger partial charge in [-0.3, -0.25) is 0 Å². The minimum atomic E-state index is -0.370. The minimum Gasteiger partial charge on any atom is -0.416 e. The third-order valence-corrected chi connectivity index (χ3v) is 4.51. The van der Waals surface area contributed by atoms with Crippen LogP contribution in [-0.2, 0) is 4.74 Å². The van der Waals surface area contributed by atoms with E-state index in [1.165, 1.54) is 16.5 Å². The molecular formula is C22H24N2O2. The highest BCUT2D eigenvalue weighted by molar-refractivity contribution is 5.80. The van der Waals surface area contributed by atoms with E-state index in [9.17, 15) is 4.79 Å². The van der Waals surface area contributed by atoms with Crippen molar-refractivity contribution in [3.8, 4) is 0 Å². The number of aromatic amines is 1. The van der Waals surface area contributed by atoms with Crippen molar-refractivity contribution in [1.29, 1.82) is 0 Å². The summed E-state index contributed by atoms with van der Waals surface area (Å²) in [6.45, 7) is 5.88. The molecule has 3 rings (SSSR count). The Hall–Kier alpha value is -3.01. The Bertz CT molecular complexity index is 899. The number of carbonyl (C=O) groups is 1. The molecule has 1 amide bonds. The van der Waals surface area contributed by atoms with E-state index in [-0.39, 0.29) is 12.0 Å². The molecule has 0 saturated carbocycles. The molecule has 4 nitrogen and oxygen atoms in total. The van der Waals surface area contributed by atoms with Crippen LogP contribution in [0.15, 0.2) is 73.1 Å². The number of H-pyrrole nitrogens is 1. The lowest BCUT2D eigenvalue weighted by Gasteiger charge is -2.22. The van der Waals surface area contributed by atoms with Crippen LogP contribution in [0.3, 0.4) is 0 Å². The van der Waals surface area contributed by atoms with E-state index in [0.717, 1.165) is 11.9 Å². The van der Waals surface area contributed by atoms with Crippen molar-refractivity contribution in [1.82, 2.24) is 9.88 Å². The summed E-state index contributed by atoms with van der Waals surface area (Å²) in [7, 11) is 1.75. The Morgan fingerprint density at radius 2 is 1.92 bits per heavy atom. The first-order chi connectivity index (χ1) is 12.5. The van der Waals surface area contributed by atoms with Crippen molar-refractivity contribution in [2.45, 2.75) is 19.3 Å². The molecule has 0 fully saturated rings. The van der Waals surface area contributed by atoms with Gasteiger partial charge in [-0.15, -0.1) is 0 Å². The van der Waals surface area contributed by atoms with Crippen LogP contribution in [0, 0.1) is 0 Å². The van der Waals surface area contributed by atoms with Crippen molar-refractivity contribution in [3.05, 3.63) is 84.3 Å². The minimum absolute atomic E-state index is 0.204. The highest BCUT2D eigenvalue weighted by Crippen LogP contribution is 2.30. The zero-order valence-corrected chi connectivity index (χ0v) is 15.2. The molecule has 0 saturated heterocycles. The normalized spacial score (nSPS) is 11.9. The summed E-state index contributed by atoms with van der Waals surface area (Å²) in [5, 5.41) is 1.19. The Kier molecular flexibility index (Phi) is 5.42. The lowest BCUT2D eigenvalue weighted by atomic mass is 9.88. The molecule has 134 valence electrons. The van der Waals surface area contributed by atoms with Crippen molar-refractivity contribution in [2.75, 3.05) is 13.6 Å². The quantitative estimate of drug-likeness (QED) is 0.615. The summed E-state index contributed by atoms with van der Waals surface area (Å²) in [5.74, 6) is 0.606. The number of aromatic nitrogens is 1. The fourth-order valence-electron chi connectivity index (χ4n) is 3.14. The van der Waals surface area contributed by atoms with Crippen molar-refractivity contribution >= 4 is 17.0 Å². The fourth-order valence-corrected chi connectivity index (χ4v) is 3.14. The first kappa shape index (κ1) is 17.8. The Labute approximate surface area is 154 Å². The molecule has 0 aliphatic carbocycles. The summed E-state index contributed by atoms with van der Waals surface area (Å²) in [5.41, 5.74) is 3.61. The van der Waals surface area contributed by atoms with Gasteiger partial charge in [0.15, 0.2) is 0 Å². The lowest BCUT2D eigenvalue weighted by Crippen LogP contribution is -2.29. The number of ether oxygens (including phenoxy) is 1. The average Bonchev–Trinajstić information content (AvgIpc) is 3.10. The fraction of sp³-hybridized carbons (Fsp3) is 0.227. The van der Waals surface area contributed by atoms with Crippen molar-refractivity contribution in [2.24, 2.45) is 0 Å². The largest absolute Gasteiger partial charge is 0.416 e. The molecule has 2 aromatic carbocycles. The maximum Gasteiger partial charge on any atom is 0.414 e. The Morgan fingerprint density at radius 1 is 1.15 bits per heavy atom. The van der Waals surface area contributed by atoms with E-state index in [1.54, 1.807) is 18.9 Å². The number of benzene rings is 2. The molecule has 0 aliphatic heterocycles. The van der Waals surface area contributed by atoms with Crippen LogP contribution in [0.25, 0.3) is 10.9 Å². The Morgan fingerprint density at radius 3 is 2.65 bits per heavy atom. The molecule has 0 bridgehead atoms. The third-order valence-electron chi connectivity index (χ3n) is 4.51. The maximum atomic E-state index is 12.0. The SMILES string of the molecule is C=C(C)OC(=O)N(C)CCC(c1ccccc1)c1ccc2[nH]ccc2c1. The van der Waals surface area contributed by atoms with Crippen LogP contribution in [-0.4, -0.2) is 29.6 Å². The highest BCUT2D eigenvalue weighted by Gasteiger charge is 2.18. The molecular weight excluding hydrogens is 324 g/mol. The van der Waals surface area contributed by atoms with E-state index in [4.69, 9.17) is 4.74 Å². The number of nitrogens with zero attached hydrogens (tertiary/aromatic N) is 1. The molecule has 1 unspecified atom stereocenters. The van der Waals surface area contributed by atoms with E-state index in [1.807, 2.05) is 12.3 Å². The molecule has 0 radical (unpaired) electrons. The van der Waals surface area contributed by atoms with Gasteiger partial charge in [-0.25, -0.2) is 4.79 Å². The van der Waals surface area contributed by atoms with E-state index >= 15 is 0 Å². The maximum absolute atomic E-state index is 12.0. The predicted octanol–water partition coefficient (Wildman–Crippen LogP) is 5.29. The van der Waals surface area contributed by atoms with Gasteiger partial charge in [-0.2, -0.15) is 0 Å². The van der Waals surface area contributed by atoms with Gasteiger partial charge in [-0.1, -0.05) is 43.0 Å². The van der Waals surface area contributed by atoms with Gasteiger partial charge in [0.1, 0.15) is 0 Å². The second kappa shape index (κ2) is 7.91. The number of hydrogen-bond acceptors (Lipinski definition) is 2. The molecule has 26 heavy (non-hydrogen) atoms. The number of rotatable bonds is 6. The van der Waals surface area contributed by atoms with Crippen molar-refractivity contribution in [3.63, 3.8) is 0 Å². The van der Waals surface area contributed by atoms with E-state index in [2.05, 4.69) is 60.1 Å². The van der Waals surface area contributed by atoms with Gasteiger partial charge in [0, 0.05) is 31.2 Å². The van der Waals surface area contributed by atoms with Crippen LogP contribution in [0.5, 0.6) is 0 Å². The van der Waals surface area contributed by atoms with Crippen LogP contribution in [0.2, 0.25) is 0 Å². The molecule has 0 aliphatic rings. The molecule has 3 aromatic rings. The number of hydrogen-bond donors (Lipinski definition) is 1. The lowest BCUT2D eigenvalue weighted by molar-refractivity contribution is 0.138. The summed E-state index contributed by atoms with van der Waals surface area (Å²) in [6.07, 6.45) is 2.39. The second-order valence-corrected chi connectivity index (χ2v) is 6.57. The molecule has 1 heterocycles. The topological polar surface area (TPSA) is 45.3 Å². The van der Waals surface area contributed by atoms with Crippen LogP contribution in [0.1, 0.15) is 30.4 Å². The summed E-state index contributed by atoms with van der Waals surface area (Å²) in [4.78, 5) is 16.8. The molecule has 1 N–H and O–H groups in total. The first-order valence-electron chi connectivity index (χ1n) is 8.75. The van der Waals surface area contributed by atoms with Crippen LogP contribution in [0.4, 0.5) is 4.79 Å². The highest BCUT2D eigenvalue weighted by atomic mass is 16.6. The molecule has 1 aromatic heterocycles. The number of carbonyl (C=O) groups excluding carboxylic acids is 1. The zero-order chi connectivity index (χ0) is 18.5. The standard InChI is InChI=1S/C22H24N2O2/c1-16(2)26-22(25)24(3)14-12-20(17-7-5-4-6-8-17)18-9-10-21-19(15-18)11-13-23-21/h4-11,13,15,20,23H,1,12,14H2,2-3H3. The second-order valence-electron chi connectivity index (χ2n) is 6.57. The monoisotopic (exact) mass is 348 g/mol. The summed E-state index contributed by atoms with van der Waals surface area (Å²) < 4.78 is 5.09. The van der Waals surface area contributed by atoms with Gasteiger partial charge in [0.05, 0.1) is 5.76 Å². The van der Waals surface area contributed by atoms with Crippen LogP contribution < -0.4 is 0 Å². The average molecular weight is 348 g/mol. The number of nitrogens with one attached hydrogen (secondary N) is 1. The number of amides is 1. The molecule has 1 atom stereocenters. The van der Waals surface area contributed by atoms with Crippen molar-refractivity contribution < 1.29 is 9.53 Å². The van der Waals surface area contributed by atoms with Gasteiger partial charge < -0.3 is 14.6 Å². The predicted molar refractivity (Wildman–Crippen MR) is 105 cm³/mol. The van der Waals surface area contributed by atoms with E-state index in [0.29, 0.717) is 12.3 Å². The van der Waals surface area contributed by atoms with Gasteiger partial charge in [-0.05, 0) is 48.1 Å². The summed E-state index contributed by atoms with van der Waals surface area (Å²) >= 11 is 0. The number of fused-ring (bicyclic) bond motifs is 1. The van der Waals surface area contributed by atoms with Gasteiger partial charge in [0.2, 0.25) is 0 Å². The first-order valence-corrected chi connectivity index (χ1v) is 8.75. The summed E-state index contributed by atoms with van der Waals surface area (Å²) in [6, 6.07) is 19.0. The molecule has 0 spiro atoms. The van der Waals surface area contributed by atoms with Gasteiger partial charge >= 0.3 is 6.09 Å². The smallest absolute Gasteiger partial charge is 0.414 e. The third kappa shape index (κ3) is 4.14.